The zero-order valence-corrected chi connectivity index (χ0v) is 16.6. The molecule has 0 unspecified atom stereocenters. The van der Waals surface area contributed by atoms with Crippen molar-refractivity contribution in [1.82, 2.24) is 15.1 Å². The standard InChI is InChI=1S/C19H25F2N3O3.ClH/c1-13-12-14(6-7-22-13)17(25)23-8-10-24(11-9-23)18(26)15-4-2-3-5-16(15)27-19(20)21;/h2-5,13-14,19,22H,6-12H2,1H3;1H/t13-,14-;/m0./s1. The maximum atomic E-state index is 12.7. The van der Waals surface area contributed by atoms with Gasteiger partial charge in [-0.05, 0) is 38.4 Å². The van der Waals surface area contributed by atoms with Gasteiger partial charge in [0.15, 0.2) is 0 Å². The highest BCUT2D eigenvalue weighted by Gasteiger charge is 2.32. The second kappa shape index (κ2) is 10.0. The molecule has 2 aliphatic heterocycles. The Hall–Kier alpha value is -1.93. The fraction of sp³-hybridized carbons (Fsp3) is 0.579. The smallest absolute Gasteiger partial charge is 0.387 e. The molecule has 2 fully saturated rings. The summed E-state index contributed by atoms with van der Waals surface area (Å²) in [5, 5.41) is 3.34. The average molecular weight is 418 g/mol. The van der Waals surface area contributed by atoms with Crippen LogP contribution in [0, 0.1) is 5.92 Å². The van der Waals surface area contributed by atoms with E-state index in [1.54, 1.807) is 17.0 Å². The third kappa shape index (κ3) is 5.32. The molecule has 156 valence electrons. The van der Waals surface area contributed by atoms with Gasteiger partial charge in [-0.1, -0.05) is 12.1 Å². The van der Waals surface area contributed by atoms with Crippen LogP contribution in [0.5, 0.6) is 5.75 Å². The molecule has 0 aliphatic carbocycles. The number of rotatable bonds is 4. The number of hydrogen-bond donors (Lipinski definition) is 1. The van der Waals surface area contributed by atoms with Gasteiger partial charge in [0.25, 0.3) is 5.91 Å². The molecule has 2 heterocycles. The Kier molecular flexibility index (Phi) is 8.00. The number of piperidine rings is 1. The molecule has 9 heteroatoms. The van der Waals surface area contributed by atoms with Gasteiger partial charge in [-0.2, -0.15) is 8.78 Å². The number of nitrogens with zero attached hydrogens (tertiary/aromatic N) is 2. The van der Waals surface area contributed by atoms with E-state index in [2.05, 4.69) is 17.0 Å². The highest BCUT2D eigenvalue weighted by Crippen LogP contribution is 2.24. The Balaban J connectivity index is 0.00000280. The van der Waals surface area contributed by atoms with Crippen LogP contribution in [0.3, 0.4) is 0 Å². The lowest BCUT2D eigenvalue weighted by atomic mass is 9.92. The van der Waals surface area contributed by atoms with Crippen LogP contribution in [0.15, 0.2) is 24.3 Å². The fourth-order valence-corrected chi connectivity index (χ4v) is 3.76. The first-order valence-corrected chi connectivity index (χ1v) is 9.31. The van der Waals surface area contributed by atoms with E-state index in [-0.39, 0.29) is 41.5 Å². The quantitative estimate of drug-likeness (QED) is 0.817. The first-order chi connectivity index (χ1) is 13.0. The Bertz CT molecular complexity index is 684. The van der Waals surface area contributed by atoms with Crippen LogP contribution >= 0.6 is 12.4 Å². The molecule has 3 rings (SSSR count). The molecular weight excluding hydrogens is 392 g/mol. The molecule has 0 aromatic heterocycles. The van der Waals surface area contributed by atoms with Crippen LogP contribution in [0.25, 0.3) is 0 Å². The average Bonchev–Trinajstić information content (AvgIpc) is 2.67. The molecule has 6 nitrogen and oxygen atoms in total. The van der Waals surface area contributed by atoms with Crippen molar-refractivity contribution in [3.05, 3.63) is 29.8 Å². The second-order valence-electron chi connectivity index (χ2n) is 7.07. The minimum atomic E-state index is -2.99. The van der Waals surface area contributed by atoms with Crippen molar-refractivity contribution in [3.8, 4) is 5.75 Å². The maximum Gasteiger partial charge on any atom is 0.387 e. The Morgan fingerprint density at radius 1 is 1.14 bits per heavy atom. The zero-order chi connectivity index (χ0) is 19.4. The summed E-state index contributed by atoms with van der Waals surface area (Å²) in [6.07, 6.45) is 1.66. The van der Waals surface area contributed by atoms with E-state index in [9.17, 15) is 18.4 Å². The summed E-state index contributed by atoms with van der Waals surface area (Å²) in [4.78, 5) is 28.8. The summed E-state index contributed by atoms with van der Waals surface area (Å²) < 4.78 is 29.6. The summed E-state index contributed by atoms with van der Waals surface area (Å²) in [7, 11) is 0. The summed E-state index contributed by atoms with van der Waals surface area (Å²) in [6, 6.07) is 6.34. The van der Waals surface area contributed by atoms with E-state index in [4.69, 9.17) is 0 Å². The van der Waals surface area contributed by atoms with Crippen molar-refractivity contribution in [2.45, 2.75) is 32.4 Å². The number of carbonyl (C=O) groups is 2. The number of halogens is 3. The molecule has 1 aromatic rings. The first-order valence-electron chi connectivity index (χ1n) is 9.31. The van der Waals surface area contributed by atoms with E-state index in [0.717, 1.165) is 19.4 Å². The van der Waals surface area contributed by atoms with Gasteiger partial charge in [-0.3, -0.25) is 9.59 Å². The van der Waals surface area contributed by atoms with Crippen LogP contribution in [0.1, 0.15) is 30.1 Å². The third-order valence-corrected chi connectivity index (χ3v) is 5.18. The number of amides is 2. The lowest BCUT2D eigenvalue weighted by molar-refractivity contribution is -0.138. The summed E-state index contributed by atoms with van der Waals surface area (Å²) in [5.74, 6) is -0.297. The van der Waals surface area contributed by atoms with E-state index < -0.39 is 6.61 Å². The van der Waals surface area contributed by atoms with Crippen molar-refractivity contribution < 1.29 is 23.1 Å². The topological polar surface area (TPSA) is 61.9 Å². The largest absolute Gasteiger partial charge is 0.434 e. The number of hydrogen-bond acceptors (Lipinski definition) is 4. The van der Waals surface area contributed by atoms with Gasteiger partial charge in [0.1, 0.15) is 5.75 Å². The van der Waals surface area contributed by atoms with Gasteiger partial charge >= 0.3 is 6.61 Å². The minimum Gasteiger partial charge on any atom is -0.434 e. The number of piperazine rings is 1. The fourth-order valence-electron chi connectivity index (χ4n) is 3.76. The monoisotopic (exact) mass is 417 g/mol. The molecule has 28 heavy (non-hydrogen) atoms. The number of carbonyl (C=O) groups excluding carboxylic acids is 2. The van der Waals surface area contributed by atoms with Crippen LogP contribution in [-0.2, 0) is 4.79 Å². The summed E-state index contributed by atoms with van der Waals surface area (Å²) in [5.41, 5.74) is 0.116. The van der Waals surface area contributed by atoms with Gasteiger partial charge < -0.3 is 19.9 Å². The molecular formula is C19H26ClF2N3O3. The highest BCUT2D eigenvalue weighted by molar-refractivity contribution is 5.97. The van der Waals surface area contributed by atoms with Crippen LogP contribution in [0.2, 0.25) is 0 Å². The predicted molar refractivity (Wildman–Crippen MR) is 103 cm³/mol. The van der Waals surface area contributed by atoms with Gasteiger partial charge in [-0.15, -0.1) is 12.4 Å². The van der Waals surface area contributed by atoms with Gasteiger partial charge in [-0.25, -0.2) is 0 Å². The Morgan fingerprint density at radius 2 is 1.79 bits per heavy atom. The van der Waals surface area contributed by atoms with E-state index in [1.807, 2.05) is 4.90 Å². The molecule has 2 atom stereocenters. The van der Waals surface area contributed by atoms with E-state index in [1.165, 1.54) is 12.1 Å². The predicted octanol–water partition coefficient (Wildman–Crippen LogP) is 2.38. The van der Waals surface area contributed by atoms with Crippen molar-refractivity contribution in [3.63, 3.8) is 0 Å². The van der Waals surface area contributed by atoms with E-state index in [0.29, 0.717) is 32.2 Å². The molecule has 2 amide bonds. The van der Waals surface area contributed by atoms with Crippen LogP contribution in [-0.4, -0.2) is 67.0 Å². The molecule has 0 radical (unpaired) electrons. The molecule has 1 aromatic carbocycles. The van der Waals surface area contributed by atoms with Gasteiger partial charge in [0.05, 0.1) is 5.56 Å². The van der Waals surface area contributed by atoms with E-state index >= 15 is 0 Å². The van der Waals surface area contributed by atoms with Crippen molar-refractivity contribution in [2.75, 3.05) is 32.7 Å². The highest BCUT2D eigenvalue weighted by atomic mass is 35.5. The maximum absolute atomic E-state index is 12.7. The zero-order valence-electron chi connectivity index (χ0n) is 15.8. The molecule has 2 aliphatic rings. The second-order valence-corrected chi connectivity index (χ2v) is 7.07. The van der Waals surface area contributed by atoms with Crippen molar-refractivity contribution >= 4 is 24.2 Å². The molecule has 2 saturated heterocycles. The first kappa shape index (κ1) is 22.4. The number of ether oxygens (including phenoxy) is 1. The normalized spacial score (nSPS) is 22.6. The van der Waals surface area contributed by atoms with Crippen molar-refractivity contribution in [2.24, 2.45) is 5.92 Å². The van der Waals surface area contributed by atoms with Crippen LogP contribution in [0.4, 0.5) is 8.78 Å². The summed E-state index contributed by atoms with van der Waals surface area (Å²) >= 11 is 0. The van der Waals surface area contributed by atoms with Gasteiger partial charge in [0, 0.05) is 38.1 Å². The molecule has 0 spiro atoms. The Morgan fingerprint density at radius 3 is 2.43 bits per heavy atom. The SMILES string of the molecule is C[C@H]1C[C@@H](C(=O)N2CCN(C(=O)c3ccccc3OC(F)F)CC2)CCN1.Cl. The molecule has 1 N–H and O–H groups in total. The summed E-state index contributed by atoms with van der Waals surface area (Å²) in [6.45, 7) is 1.62. The number of para-hydroxylation sites is 1. The molecule has 0 saturated carbocycles. The van der Waals surface area contributed by atoms with Gasteiger partial charge in [0.2, 0.25) is 5.91 Å². The third-order valence-electron chi connectivity index (χ3n) is 5.18. The molecule has 0 bridgehead atoms. The number of alkyl halides is 2. The number of nitrogens with one attached hydrogen (secondary N) is 1. The lowest BCUT2D eigenvalue weighted by Gasteiger charge is -2.38. The van der Waals surface area contributed by atoms with Crippen molar-refractivity contribution in [1.29, 1.82) is 0 Å². The number of benzene rings is 1. The lowest BCUT2D eigenvalue weighted by Crippen LogP contribution is -2.53. The Labute approximate surface area is 169 Å². The minimum absolute atomic E-state index is 0. The van der Waals surface area contributed by atoms with Crippen LogP contribution < -0.4 is 10.1 Å².